The third kappa shape index (κ3) is 3.73. The van der Waals surface area contributed by atoms with Crippen LogP contribution in [0.2, 0.25) is 0 Å². The van der Waals surface area contributed by atoms with Gasteiger partial charge in [-0.2, -0.15) is 0 Å². The SMILES string of the molecule is CN(C)c1cc(CNC2CCCC2)c(O)c2c1CC1CC3CC(=O)C(C(N)=O)=C(O)C3(O)C(=O)C1=C2O. The second kappa shape index (κ2) is 8.88. The molecule has 2 saturated carbocycles. The van der Waals surface area contributed by atoms with Crippen molar-refractivity contribution in [3.05, 3.63) is 39.7 Å². The van der Waals surface area contributed by atoms with E-state index in [0.29, 0.717) is 23.7 Å². The highest BCUT2D eigenvalue weighted by Gasteiger charge is 2.60. The number of aliphatic hydroxyl groups excluding tert-OH is 2. The molecule has 1 aromatic rings. The summed E-state index contributed by atoms with van der Waals surface area (Å²) < 4.78 is 0. The van der Waals surface area contributed by atoms with Gasteiger partial charge in [-0.3, -0.25) is 14.4 Å². The first-order chi connectivity index (χ1) is 17.5. The predicted molar refractivity (Wildman–Crippen MR) is 135 cm³/mol. The molecule has 1 aromatic carbocycles. The number of carbonyl (C=O) groups excluding carboxylic acids is 3. The van der Waals surface area contributed by atoms with Crippen molar-refractivity contribution in [2.75, 3.05) is 19.0 Å². The van der Waals surface area contributed by atoms with Crippen LogP contribution in [0.5, 0.6) is 5.75 Å². The fourth-order valence-electron chi connectivity index (χ4n) is 6.64. The number of fused-ring (bicyclic) bond motifs is 3. The Balaban J connectivity index is 1.63. The summed E-state index contributed by atoms with van der Waals surface area (Å²) in [5.74, 6) is -6.16. The van der Waals surface area contributed by atoms with Crippen LogP contribution in [0.15, 0.2) is 23.0 Å². The lowest BCUT2D eigenvalue weighted by Crippen LogP contribution is -2.58. The number of Topliss-reactive ketones (excluding diaryl/α,β-unsaturated/α-hetero) is 2. The zero-order chi connectivity index (χ0) is 26.8. The molecule has 10 heteroatoms. The number of phenols is 1. The number of carbonyl (C=O) groups is 3. The number of primary amides is 1. The molecule has 37 heavy (non-hydrogen) atoms. The van der Waals surface area contributed by atoms with Gasteiger partial charge in [0.25, 0.3) is 5.91 Å². The van der Waals surface area contributed by atoms with E-state index in [9.17, 15) is 34.8 Å². The van der Waals surface area contributed by atoms with Gasteiger partial charge in [-0.1, -0.05) is 12.8 Å². The molecule has 3 atom stereocenters. The standard InChI is InChI=1S/C27H33N3O7/c1-30(2)17-9-13(11-29-15-5-3-4-6-15)22(32)20-16(17)8-12-7-14-10-18(31)21(26(28)36)25(35)27(14,37)24(34)19(12)23(20)33/h9,12,14-15,29,32-33,35,37H,3-8,10-11H2,1-2H3,(H2,28,36). The molecule has 0 spiro atoms. The van der Waals surface area contributed by atoms with Crippen LogP contribution in [0.25, 0.3) is 5.76 Å². The summed E-state index contributed by atoms with van der Waals surface area (Å²) in [5, 5.41) is 48.3. The Bertz CT molecular complexity index is 1280. The summed E-state index contributed by atoms with van der Waals surface area (Å²) in [7, 11) is 3.71. The third-order valence-electron chi connectivity index (χ3n) is 8.54. The van der Waals surface area contributed by atoms with Crippen molar-refractivity contribution in [1.82, 2.24) is 5.32 Å². The molecule has 3 unspecified atom stereocenters. The Hall–Kier alpha value is -3.37. The number of benzene rings is 1. The van der Waals surface area contributed by atoms with Crippen LogP contribution in [0, 0.1) is 11.8 Å². The van der Waals surface area contributed by atoms with Gasteiger partial charge in [0.05, 0.1) is 5.56 Å². The van der Waals surface area contributed by atoms with Gasteiger partial charge in [-0.05, 0) is 43.2 Å². The molecule has 10 nitrogen and oxygen atoms in total. The number of phenolic OH excluding ortho intramolecular Hbond substituents is 1. The van der Waals surface area contributed by atoms with Crippen molar-refractivity contribution in [2.24, 2.45) is 17.6 Å². The number of rotatable bonds is 5. The van der Waals surface area contributed by atoms with E-state index in [1.807, 2.05) is 25.1 Å². The number of hydrogen-bond acceptors (Lipinski definition) is 9. The highest BCUT2D eigenvalue weighted by Crippen LogP contribution is 2.53. The van der Waals surface area contributed by atoms with Crippen LogP contribution < -0.4 is 16.0 Å². The number of nitrogens with zero attached hydrogens (tertiary/aromatic N) is 1. The van der Waals surface area contributed by atoms with Crippen LogP contribution in [0.4, 0.5) is 5.69 Å². The van der Waals surface area contributed by atoms with E-state index in [1.165, 1.54) is 0 Å². The average Bonchev–Trinajstić information content (AvgIpc) is 3.34. The van der Waals surface area contributed by atoms with Crippen LogP contribution in [0.1, 0.15) is 55.2 Å². The van der Waals surface area contributed by atoms with Crippen molar-refractivity contribution in [3.63, 3.8) is 0 Å². The number of aliphatic hydroxyl groups is 3. The van der Waals surface area contributed by atoms with Gasteiger partial charge in [-0.25, -0.2) is 0 Å². The summed E-state index contributed by atoms with van der Waals surface area (Å²) in [6.07, 6.45) is 4.49. The molecule has 0 aromatic heterocycles. The van der Waals surface area contributed by atoms with Gasteiger partial charge < -0.3 is 36.4 Å². The molecule has 0 saturated heterocycles. The maximum atomic E-state index is 13.7. The van der Waals surface area contributed by atoms with E-state index in [-0.39, 0.29) is 36.1 Å². The number of ketones is 2. The number of aromatic hydroxyl groups is 1. The molecular formula is C27H33N3O7. The molecule has 0 bridgehead atoms. The Morgan fingerprint density at radius 1 is 1.16 bits per heavy atom. The van der Waals surface area contributed by atoms with E-state index >= 15 is 0 Å². The fourth-order valence-corrected chi connectivity index (χ4v) is 6.64. The Morgan fingerprint density at radius 3 is 2.46 bits per heavy atom. The van der Waals surface area contributed by atoms with Crippen LogP contribution >= 0.6 is 0 Å². The van der Waals surface area contributed by atoms with Crippen LogP contribution in [-0.4, -0.2) is 63.6 Å². The van der Waals surface area contributed by atoms with Gasteiger partial charge in [0, 0.05) is 55.8 Å². The van der Waals surface area contributed by atoms with Gasteiger partial charge in [0.2, 0.25) is 5.78 Å². The van der Waals surface area contributed by atoms with Crippen LogP contribution in [-0.2, 0) is 27.3 Å². The normalized spacial score (nSPS) is 27.8. The third-order valence-corrected chi connectivity index (χ3v) is 8.54. The molecule has 0 heterocycles. The second-order valence-electron chi connectivity index (χ2n) is 10.9. The van der Waals surface area contributed by atoms with E-state index in [4.69, 9.17) is 5.73 Å². The Kier molecular flexibility index (Phi) is 6.07. The largest absolute Gasteiger partial charge is 0.508 e. The monoisotopic (exact) mass is 511 g/mol. The lowest BCUT2D eigenvalue weighted by atomic mass is 9.59. The summed E-state index contributed by atoms with van der Waals surface area (Å²) in [5.41, 5.74) is 3.91. The highest BCUT2D eigenvalue weighted by molar-refractivity contribution is 6.22. The van der Waals surface area contributed by atoms with Gasteiger partial charge in [0.1, 0.15) is 22.8 Å². The quantitative estimate of drug-likeness (QED) is 0.320. The van der Waals surface area contributed by atoms with Crippen molar-refractivity contribution >= 4 is 28.9 Å². The zero-order valence-corrected chi connectivity index (χ0v) is 21.0. The molecule has 5 rings (SSSR count). The van der Waals surface area contributed by atoms with Crippen molar-refractivity contribution in [1.29, 1.82) is 0 Å². The number of nitrogens with two attached hydrogens (primary N) is 1. The van der Waals surface area contributed by atoms with Gasteiger partial charge in [0.15, 0.2) is 11.4 Å². The summed E-state index contributed by atoms with van der Waals surface area (Å²) in [6.45, 7) is 0.379. The van der Waals surface area contributed by atoms with E-state index < -0.39 is 52.0 Å². The molecule has 0 radical (unpaired) electrons. The predicted octanol–water partition coefficient (Wildman–Crippen LogP) is 1.52. The lowest BCUT2D eigenvalue weighted by molar-refractivity contribution is -0.147. The molecule has 2 fully saturated rings. The molecule has 7 N–H and O–H groups in total. The number of amides is 1. The number of nitrogens with one attached hydrogen (secondary N) is 1. The van der Waals surface area contributed by atoms with Crippen LogP contribution in [0.3, 0.4) is 0 Å². The minimum Gasteiger partial charge on any atom is -0.508 e. The lowest BCUT2D eigenvalue weighted by Gasteiger charge is -2.46. The first kappa shape index (κ1) is 25.3. The molecule has 0 aliphatic heterocycles. The van der Waals surface area contributed by atoms with Crippen molar-refractivity contribution in [2.45, 2.75) is 63.1 Å². The minimum atomic E-state index is -2.56. The Labute approximate surface area is 214 Å². The van der Waals surface area contributed by atoms with Crippen molar-refractivity contribution < 1.29 is 34.8 Å². The molecule has 4 aliphatic rings. The topological polar surface area (TPSA) is 173 Å². The summed E-state index contributed by atoms with van der Waals surface area (Å²) in [4.78, 5) is 39.9. The van der Waals surface area contributed by atoms with E-state index in [2.05, 4.69) is 5.32 Å². The minimum absolute atomic E-state index is 0.113. The second-order valence-corrected chi connectivity index (χ2v) is 10.9. The number of hydrogen-bond donors (Lipinski definition) is 6. The first-order valence-electron chi connectivity index (χ1n) is 12.7. The smallest absolute Gasteiger partial charge is 0.255 e. The molecule has 4 aliphatic carbocycles. The van der Waals surface area contributed by atoms with Gasteiger partial charge in [-0.15, -0.1) is 0 Å². The fraction of sp³-hybridized carbons (Fsp3) is 0.519. The van der Waals surface area contributed by atoms with E-state index in [0.717, 1.165) is 31.4 Å². The summed E-state index contributed by atoms with van der Waals surface area (Å²) >= 11 is 0. The molecule has 198 valence electrons. The maximum Gasteiger partial charge on any atom is 0.255 e. The first-order valence-corrected chi connectivity index (χ1v) is 12.7. The van der Waals surface area contributed by atoms with E-state index in [1.54, 1.807) is 0 Å². The Morgan fingerprint density at radius 2 is 1.84 bits per heavy atom. The summed E-state index contributed by atoms with van der Waals surface area (Å²) in [6, 6.07) is 2.23. The average molecular weight is 512 g/mol. The maximum absolute atomic E-state index is 13.7. The highest BCUT2D eigenvalue weighted by atomic mass is 16.3. The molecular weight excluding hydrogens is 478 g/mol. The zero-order valence-electron chi connectivity index (χ0n) is 21.0. The number of anilines is 1. The van der Waals surface area contributed by atoms with Gasteiger partial charge >= 0.3 is 0 Å². The van der Waals surface area contributed by atoms with Crippen molar-refractivity contribution in [3.8, 4) is 5.75 Å². The molecule has 1 amide bonds.